The first-order chi connectivity index (χ1) is 9.69. The minimum Gasteiger partial charge on any atom is -0.465 e. The van der Waals surface area contributed by atoms with E-state index in [9.17, 15) is 4.79 Å². The highest BCUT2D eigenvalue weighted by Crippen LogP contribution is 2.23. The molecule has 7 nitrogen and oxygen atoms in total. The van der Waals surface area contributed by atoms with Crippen LogP contribution in [-0.2, 0) is 4.74 Å². The molecule has 0 saturated heterocycles. The summed E-state index contributed by atoms with van der Waals surface area (Å²) in [5.74, 6) is -0.507. The van der Waals surface area contributed by atoms with Crippen LogP contribution in [0.25, 0.3) is 10.9 Å². The lowest BCUT2D eigenvalue weighted by Gasteiger charge is -2.05. The molecular formula is C13H9N5O2. The van der Waals surface area contributed by atoms with E-state index in [0.29, 0.717) is 22.2 Å². The third kappa shape index (κ3) is 2.42. The van der Waals surface area contributed by atoms with Gasteiger partial charge in [0.05, 0.1) is 24.4 Å². The Morgan fingerprint density at radius 1 is 1.45 bits per heavy atom. The number of aromatic nitrogens is 2. The lowest BCUT2D eigenvalue weighted by Crippen LogP contribution is -2.03. The number of ether oxygens (including phenoxy) is 1. The molecule has 0 fully saturated rings. The second-order valence-corrected chi connectivity index (χ2v) is 3.78. The average molecular weight is 267 g/mol. The molecular weight excluding hydrogens is 258 g/mol. The van der Waals surface area contributed by atoms with E-state index >= 15 is 0 Å². The fourth-order valence-electron chi connectivity index (χ4n) is 1.66. The first-order valence-corrected chi connectivity index (χ1v) is 5.52. The maximum Gasteiger partial charge on any atom is 0.340 e. The van der Waals surface area contributed by atoms with E-state index in [2.05, 4.69) is 15.5 Å². The van der Waals surface area contributed by atoms with E-state index < -0.39 is 5.97 Å². The number of H-pyrrole nitrogens is 1. The van der Waals surface area contributed by atoms with Gasteiger partial charge in [-0.15, -0.1) is 0 Å². The zero-order valence-electron chi connectivity index (χ0n) is 10.5. The first kappa shape index (κ1) is 13.1. The Kier molecular flexibility index (Phi) is 3.64. The molecule has 0 radical (unpaired) electrons. The van der Waals surface area contributed by atoms with Gasteiger partial charge in [-0.1, -0.05) is 0 Å². The van der Waals surface area contributed by atoms with Gasteiger partial charge in [-0.25, -0.2) is 4.79 Å². The van der Waals surface area contributed by atoms with Gasteiger partial charge in [0.25, 0.3) is 0 Å². The van der Waals surface area contributed by atoms with Crippen molar-refractivity contribution in [1.29, 1.82) is 10.5 Å². The molecule has 2 rings (SSSR count). The van der Waals surface area contributed by atoms with E-state index in [1.807, 2.05) is 0 Å². The monoisotopic (exact) mass is 267 g/mol. The van der Waals surface area contributed by atoms with Gasteiger partial charge in [-0.2, -0.15) is 15.6 Å². The highest BCUT2D eigenvalue weighted by atomic mass is 16.5. The number of anilines is 1. The molecule has 1 aromatic heterocycles. The number of nitrogens with one attached hydrogen (secondary N) is 2. The van der Waals surface area contributed by atoms with E-state index in [4.69, 9.17) is 15.3 Å². The zero-order chi connectivity index (χ0) is 14.5. The molecule has 2 N–H and O–H groups in total. The fraction of sp³-hybridized carbons (Fsp3) is 0.0769. The van der Waals surface area contributed by atoms with Crippen molar-refractivity contribution in [3.63, 3.8) is 0 Å². The molecule has 0 unspecified atom stereocenters. The van der Waals surface area contributed by atoms with Crippen LogP contribution in [0.2, 0.25) is 0 Å². The maximum absolute atomic E-state index is 11.7. The quantitative estimate of drug-likeness (QED) is 0.646. The number of esters is 1. The van der Waals surface area contributed by atoms with Crippen molar-refractivity contribution in [3.05, 3.63) is 35.7 Å². The van der Waals surface area contributed by atoms with Crippen LogP contribution in [0.1, 0.15) is 10.4 Å². The number of fused-ring (bicyclic) bond motifs is 1. The number of nitrogens with zero attached hydrogens (tertiary/aromatic N) is 3. The fourth-order valence-corrected chi connectivity index (χ4v) is 1.66. The topological polar surface area (TPSA) is 115 Å². The molecule has 7 heteroatoms. The maximum atomic E-state index is 11.7. The van der Waals surface area contributed by atoms with Crippen LogP contribution in [0.5, 0.6) is 0 Å². The predicted octanol–water partition coefficient (Wildman–Crippen LogP) is 1.69. The molecule has 0 aliphatic carbocycles. The van der Waals surface area contributed by atoms with Crippen molar-refractivity contribution in [2.75, 3.05) is 12.4 Å². The Hall–Kier alpha value is -3.32. The molecule has 0 spiro atoms. The van der Waals surface area contributed by atoms with E-state index in [-0.39, 0.29) is 5.57 Å². The largest absolute Gasteiger partial charge is 0.465 e. The number of nitriles is 2. The summed E-state index contributed by atoms with van der Waals surface area (Å²) in [7, 11) is 1.29. The summed E-state index contributed by atoms with van der Waals surface area (Å²) in [6.07, 6.45) is 2.83. The number of benzene rings is 1. The molecule has 0 bridgehead atoms. The lowest BCUT2D eigenvalue weighted by atomic mass is 10.1. The summed E-state index contributed by atoms with van der Waals surface area (Å²) in [4.78, 5) is 11.7. The molecule has 20 heavy (non-hydrogen) atoms. The first-order valence-electron chi connectivity index (χ1n) is 5.52. The summed E-state index contributed by atoms with van der Waals surface area (Å²) in [5.41, 5.74) is 1.35. The number of carbonyl (C=O) groups is 1. The smallest absolute Gasteiger partial charge is 0.340 e. The molecule has 0 amide bonds. The second-order valence-electron chi connectivity index (χ2n) is 3.78. The van der Waals surface area contributed by atoms with Crippen LogP contribution in [0.15, 0.2) is 30.1 Å². The third-order valence-corrected chi connectivity index (χ3v) is 2.58. The van der Waals surface area contributed by atoms with Gasteiger partial charge in [0, 0.05) is 17.3 Å². The molecule has 98 valence electrons. The van der Waals surface area contributed by atoms with Crippen LogP contribution < -0.4 is 5.32 Å². The van der Waals surface area contributed by atoms with Crippen molar-refractivity contribution in [2.24, 2.45) is 0 Å². The molecule has 0 aliphatic rings. The number of allylic oxidation sites excluding steroid dienone is 1. The van der Waals surface area contributed by atoms with Crippen LogP contribution in [0.3, 0.4) is 0 Å². The average Bonchev–Trinajstić information content (AvgIpc) is 2.95. The Morgan fingerprint density at radius 2 is 2.20 bits per heavy atom. The summed E-state index contributed by atoms with van der Waals surface area (Å²) in [6.45, 7) is 0. The standard InChI is InChI=1S/C13H9N5O2/c1-20-13(19)11-3-10(16-6-8(4-14)5-15)2-9-7-17-18-12(9)11/h2-3,6-7,16H,1H3,(H,17,18). The second kappa shape index (κ2) is 5.55. The number of rotatable bonds is 3. The number of methoxy groups -OCH3 is 1. The highest BCUT2D eigenvalue weighted by Gasteiger charge is 2.13. The Morgan fingerprint density at radius 3 is 2.85 bits per heavy atom. The van der Waals surface area contributed by atoms with Crippen molar-refractivity contribution in [2.45, 2.75) is 0 Å². The van der Waals surface area contributed by atoms with Crippen molar-refractivity contribution < 1.29 is 9.53 Å². The minimum atomic E-state index is -0.507. The van der Waals surface area contributed by atoms with Gasteiger partial charge in [0.15, 0.2) is 0 Å². The summed E-state index contributed by atoms with van der Waals surface area (Å²) >= 11 is 0. The summed E-state index contributed by atoms with van der Waals surface area (Å²) < 4.78 is 4.70. The summed E-state index contributed by atoms with van der Waals surface area (Å²) in [6, 6.07) is 6.74. The molecule has 1 aromatic carbocycles. The zero-order valence-corrected chi connectivity index (χ0v) is 10.5. The SMILES string of the molecule is COC(=O)c1cc(NC=C(C#N)C#N)cc2cn[nH]c12. The molecule has 0 aliphatic heterocycles. The molecule has 0 saturated carbocycles. The minimum absolute atomic E-state index is 0.0723. The van der Waals surface area contributed by atoms with Gasteiger partial charge in [-0.05, 0) is 12.1 Å². The molecule has 2 aromatic rings. The van der Waals surface area contributed by atoms with Crippen molar-refractivity contribution in [1.82, 2.24) is 10.2 Å². The summed E-state index contributed by atoms with van der Waals surface area (Å²) in [5, 5.41) is 27.4. The van der Waals surface area contributed by atoms with Crippen LogP contribution >= 0.6 is 0 Å². The lowest BCUT2D eigenvalue weighted by molar-refractivity contribution is 0.0603. The van der Waals surface area contributed by atoms with Crippen molar-refractivity contribution >= 4 is 22.6 Å². The Labute approximate surface area is 114 Å². The van der Waals surface area contributed by atoms with Gasteiger partial charge in [-0.3, -0.25) is 5.10 Å². The van der Waals surface area contributed by atoms with Crippen LogP contribution in [0, 0.1) is 22.7 Å². The van der Waals surface area contributed by atoms with E-state index in [0.717, 1.165) is 0 Å². The predicted molar refractivity (Wildman–Crippen MR) is 70.4 cm³/mol. The van der Waals surface area contributed by atoms with Crippen molar-refractivity contribution in [3.8, 4) is 12.1 Å². The van der Waals surface area contributed by atoms with E-state index in [1.165, 1.54) is 13.3 Å². The third-order valence-electron chi connectivity index (χ3n) is 2.58. The van der Waals surface area contributed by atoms with Gasteiger partial charge in [0.2, 0.25) is 0 Å². The van der Waals surface area contributed by atoms with E-state index in [1.54, 1.807) is 30.5 Å². The normalized spacial score (nSPS) is 9.35. The molecule has 1 heterocycles. The van der Waals surface area contributed by atoms with Crippen LogP contribution in [0.4, 0.5) is 5.69 Å². The molecule has 0 atom stereocenters. The van der Waals surface area contributed by atoms with Gasteiger partial charge < -0.3 is 10.1 Å². The Bertz CT molecular complexity index is 760. The highest BCUT2D eigenvalue weighted by molar-refractivity contribution is 6.04. The number of aromatic amines is 1. The van der Waals surface area contributed by atoms with Crippen LogP contribution in [-0.4, -0.2) is 23.3 Å². The Balaban J connectivity index is 2.46. The number of carbonyl (C=O) groups excluding carboxylic acids is 1. The number of hydrogen-bond donors (Lipinski definition) is 2. The van der Waals surface area contributed by atoms with Gasteiger partial charge >= 0.3 is 5.97 Å². The van der Waals surface area contributed by atoms with Gasteiger partial charge in [0.1, 0.15) is 17.7 Å². The number of hydrogen-bond acceptors (Lipinski definition) is 6.